The topological polar surface area (TPSA) is 85.7 Å². The number of benzene rings is 1. The van der Waals surface area contributed by atoms with Gasteiger partial charge < -0.3 is 20.0 Å². The van der Waals surface area contributed by atoms with E-state index in [9.17, 15) is 4.79 Å². The summed E-state index contributed by atoms with van der Waals surface area (Å²) in [7, 11) is 0. The average Bonchev–Trinajstić information content (AvgIpc) is 2.85. The number of furan rings is 1. The highest BCUT2D eigenvalue weighted by molar-refractivity contribution is 9.10. The van der Waals surface area contributed by atoms with Gasteiger partial charge in [-0.3, -0.25) is 4.79 Å². The number of aliphatic carboxylic acids is 1. The lowest BCUT2D eigenvalue weighted by Gasteiger charge is -2.07. The first-order valence-electron chi connectivity index (χ1n) is 6.09. The zero-order valence-electron chi connectivity index (χ0n) is 10.9. The standard InChI is InChI=1S/C14H13BrClNO4/c15-8-1-4-13(11(16)5-8)20-7-10-3-2-9(21-10)6-12(17)14(18)19/h1-5,12H,6-7,17H2,(H,18,19). The van der Waals surface area contributed by atoms with E-state index in [1.165, 1.54) is 0 Å². The molecule has 7 heteroatoms. The Morgan fingerprint density at radius 3 is 2.76 bits per heavy atom. The zero-order chi connectivity index (χ0) is 15.4. The Hall–Kier alpha value is -1.50. The van der Waals surface area contributed by atoms with E-state index in [1.807, 2.05) is 6.07 Å². The quantitative estimate of drug-likeness (QED) is 0.811. The molecule has 1 atom stereocenters. The summed E-state index contributed by atoms with van der Waals surface area (Å²) >= 11 is 9.35. The molecular formula is C14H13BrClNO4. The van der Waals surface area contributed by atoms with Gasteiger partial charge in [0.2, 0.25) is 0 Å². The van der Waals surface area contributed by atoms with E-state index in [0.717, 1.165) is 4.47 Å². The molecule has 5 nitrogen and oxygen atoms in total. The predicted octanol–water partition coefficient (Wildman–Crippen LogP) is 3.23. The van der Waals surface area contributed by atoms with Crippen molar-refractivity contribution >= 4 is 33.5 Å². The fourth-order valence-electron chi connectivity index (χ4n) is 1.65. The van der Waals surface area contributed by atoms with Crippen LogP contribution in [0.1, 0.15) is 11.5 Å². The van der Waals surface area contributed by atoms with Crippen LogP contribution in [0.25, 0.3) is 0 Å². The Balaban J connectivity index is 1.95. The number of carboxylic acid groups (broad SMARTS) is 1. The molecule has 0 spiro atoms. The lowest BCUT2D eigenvalue weighted by Crippen LogP contribution is -2.32. The third-order valence-electron chi connectivity index (χ3n) is 2.72. The lowest BCUT2D eigenvalue weighted by atomic mass is 10.2. The van der Waals surface area contributed by atoms with Gasteiger partial charge in [-0.25, -0.2) is 0 Å². The number of rotatable bonds is 6. The number of nitrogens with two attached hydrogens (primary N) is 1. The number of hydrogen-bond donors (Lipinski definition) is 2. The molecule has 0 saturated heterocycles. The van der Waals surface area contributed by atoms with E-state index < -0.39 is 12.0 Å². The second-order valence-corrected chi connectivity index (χ2v) is 5.70. The van der Waals surface area contributed by atoms with Gasteiger partial charge in [-0.05, 0) is 30.3 Å². The molecule has 1 aromatic carbocycles. The van der Waals surface area contributed by atoms with Crippen molar-refractivity contribution in [3.63, 3.8) is 0 Å². The summed E-state index contributed by atoms with van der Waals surface area (Å²) < 4.78 is 11.9. The van der Waals surface area contributed by atoms with Crippen LogP contribution in [-0.4, -0.2) is 17.1 Å². The van der Waals surface area contributed by atoms with Gasteiger partial charge in [0.05, 0.1) is 5.02 Å². The van der Waals surface area contributed by atoms with Gasteiger partial charge in [0.25, 0.3) is 0 Å². The summed E-state index contributed by atoms with van der Waals surface area (Å²) in [5.74, 6) is 0.554. The molecule has 0 aliphatic heterocycles. The Morgan fingerprint density at radius 2 is 2.10 bits per heavy atom. The van der Waals surface area contributed by atoms with Crippen LogP contribution in [0, 0.1) is 0 Å². The SMILES string of the molecule is NC(Cc1ccc(COc2ccc(Br)cc2Cl)o1)C(=O)O. The number of hydrogen-bond acceptors (Lipinski definition) is 4. The largest absolute Gasteiger partial charge is 0.484 e. The highest BCUT2D eigenvalue weighted by Crippen LogP contribution is 2.28. The minimum atomic E-state index is -1.06. The maximum Gasteiger partial charge on any atom is 0.320 e. The molecule has 1 heterocycles. The first-order chi connectivity index (χ1) is 9.95. The molecule has 21 heavy (non-hydrogen) atoms. The Morgan fingerprint density at radius 1 is 1.38 bits per heavy atom. The Labute approximate surface area is 134 Å². The second kappa shape index (κ2) is 6.98. The van der Waals surface area contributed by atoms with Crippen LogP contribution in [0.4, 0.5) is 0 Å². The Bertz CT molecular complexity index is 644. The average molecular weight is 375 g/mol. The molecule has 3 N–H and O–H groups in total. The number of ether oxygens (including phenoxy) is 1. The molecule has 2 rings (SSSR count). The normalized spacial score (nSPS) is 12.1. The van der Waals surface area contributed by atoms with Crippen LogP contribution in [-0.2, 0) is 17.8 Å². The molecule has 2 aromatic rings. The van der Waals surface area contributed by atoms with E-state index in [4.69, 9.17) is 31.6 Å². The van der Waals surface area contributed by atoms with Crippen molar-refractivity contribution in [2.45, 2.75) is 19.1 Å². The third kappa shape index (κ3) is 4.49. The summed E-state index contributed by atoms with van der Waals surface area (Å²) in [5.41, 5.74) is 5.44. The van der Waals surface area contributed by atoms with Crippen molar-refractivity contribution in [1.29, 1.82) is 0 Å². The fraction of sp³-hybridized carbons (Fsp3) is 0.214. The van der Waals surface area contributed by atoms with Gasteiger partial charge in [0, 0.05) is 10.9 Å². The van der Waals surface area contributed by atoms with Crippen molar-refractivity contribution in [3.05, 3.63) is 51.3 Å². The van der Waals surface area contributed by atoms with Gasteiger partial charge >= 0.3 is 5.97 Å². The lowest BCUT2D eigenvalue weighted by molar-refractivity contribution is -0.138. The van der Waals surface area contributed by atoms with Crippen LogP contribution in [0.2, 0.25) is 5.02 Å². The van der Waals surface area contributed by atoms with Gasteiger partial charge in [-0.1, -0.05) is 27.5 Å². The molecule has 0 aliphatic carbocycles. The van der Waals surface area contributed by atoms with Crippen LogP contribution in [0.3, 0.4) is 0 Å². The first kappa shape index (κ1) is 15.9. The van der Waals surface area contributed by atoms with Crippen LogP contribution >= 0.6 is 27.5 Å². The summed E-state index contributed by atoms with van der Waals surface area (Å²) in [4.78, 5) is 10.7. The van der Waals surface area contributed by atoms with Crippen molar-refractivity contribution in [2.75, 3.05) is 0 Å². The second-order valence-electron chi connectivity index (χ2n) is 4.38. The summed E-state index contributed by atoms with van der Waals surface area (Å²) in [6.07, 6.45) is 0.133. The molecule has 0 bridgehead atoms. The van der Waals surface area contributed by atoms with Gasteiger partial charge in [-0.2, -0.15) is 0 Å². The monoisotopic (exact) mass is 373 g/mol. The van der Waals surface area contributed by atoms with Crippen LogP contribution in [0.15, 0.2) is 39.2 Å². The van der Waals surface area contributed by atoms with E-state index >= 15 is 0 Å². The van der Waals surface area contributed by atoms with Gasteiger partial charge in [0.15, 0.2) is 0 Å². The number of carbonyl (C=O) groups is 1. The smallest absolute Gasteiger partial charge is 0.320 e. The number of halogens is 2. The molecule has 0 aliphatic rings. The molecule has 0 amide bonds. The highest BCUT2D eigenvalue weighted by Gasteiger charge is 2.15. The van der Waals surface area contributed by atoms with Gasteiger partial charge in [-0.15, -0.1) is 0 Å². The predicted molar refractivity (Wildman–Crippen MR) is 81.5 cm³/mol. The zero-order valence-corrected chi connectivity index (χ0v) is 13.2. The van der Waals surface area contributed by atoms with E-state index in [1.54, 1.807) is 24.3 Å². The van der Waals surface area contributed by atoms with Crippen molar-refractivity contribution in [1.82, 2.24) is 0 Å². The van der Waals surface area contributed by atoms with E-state index in [2.05, 4.69) is 15.9 Å². The fourth-order valence-corrected chi connectivity index (χ4v) is 2.38. The first-order valence-corrected chi connectivity index (χ1v) is 7.26. The molecule has 112 valence electrons. The molecular weight excluding hydrogens is 362 g/mol. The molecule has 1 unspecified atom stereocenters. The van der Waals surface area contributed by atoms with Crippen molar-refractivity contribution in [3.8, 4) is 5.75 Å². The van der Waals surface area contributed by atoms with E-state index in [-0.39, 0.29) is 13.0 Å². The van der Waals surface area contributed by atoms with Gasteiger partial charge in [0.1, 0.15) is 29.9 Å². The molecule has 1 aromatic heterocycles. The minimum Gasteiger partial charge on any atom is -0.484 e. The highest BCUT2D eigenvalue weighted by atomic mass is 79.9. The minimum absolute atomic E-state index is 0.133. The molecule has 0 saturated carbocycles. The van der Waals surface area contributed by atoms with E-state index in [0.29, 0.717) is 22.3 Å². The molecule has 0 radical (unpaired) electrons. The molecule has 0 fully saturated rings. The third-order valence-corrected chi connectivity index (χ3v) is 3.51. The summed E-state index contributed by atoms with van der Waals surface area (Å²) in [6.45, 7) is 0.198. The van der Waals surface area contributed by atoms with Crippen LogP contribution < -0.4 is 10.5 Å². The summed E-state index contributed by atoms with van der Waals surface area (Å²) in [6, 6.07) is 7.72. The van der Waals surface area contributed by atoms with Crippen LogP contribution in [0.5, 0.6) is 5.75 Å². The maximum atomic E-state index is 10.7. The summed E-state index contributed by atoms with van der Waals surface area (Å²) in [5, 5.41) is 9.24. The Kier molecular flexibility index (Phi) is 5.27. The number of carboxylic acids is 1. The van der Waals surface area contributed by atoms with Crippen molar-refractivity contribution < 1.29 is 19.1 Å². The maximum absolute atomic E-state index is 10.7. The van der Waals surface area contributed by atoms with Crippen molar-refractivity contribution in [2.24, 2.45) is 5.73 Å².